The predicted molar refractivity (Wildman–Crippen MR) is 82.4 cm³/mol. The van der Waals surface area contributed by atoms with Gasteiger partial charge in [0.05, 0.1) is 7.11 Å². The van der Waals surface area contributed by atoms with Crippen LogP contribution >= 0.6 is 11.6 Å². The molecule has 0 amide bonds. The van der Waals surface area contributed by atoms with Crippen molar-refractivity contribution in [2.45, 2.75) is 12.8 Å². The number of methoxy groups -OCH3 is 1. The molecular formula is C17H19ClO2. The highest BCUT2D eigenvalue weighted by Gasteiger charge is 2.10. The molecule has 1 unspecified atom stereocenters. The summed E-state index contributed by atoms with van der Waals surface area (Å²) in [5.41, 5.74) is 2.40. The molecule has 0 fully saturated rings. The van der Waals surface area contributed by atoms with E-state index in [2.05, 4.69) is 0 Å². The van der Waals surface area contributed by atoms with Crippen LogP contribution in [-0.4, -0.2) is 18.8 Å². The molecule has 2 aromatic carbocycles. The first-order chi connectivity index (χ1) is 9.71. The molecule has 0 aliphatic rings. The van der Waals surface area contributed by atoms with Crippen LogP contribution in [0.15, 0.2) is 48.5 Å². The van der Waals surface area contributed by atoms with E-state index in [4.69, 9.17) is 16.3 Å². The van der Waals surface area contributed by atoms with Crippen LogP contribution in [0.1, 0.15) is 11.1 Å². The normalized spacial score (nSPS) is 12.2. The van der Waals surface area contributed by atoms with E-state index < -0.39 is 0 Å². The van der Waals surface area contributed by atoms with E-state index in [1.165, 1.54) is 11.1 Å². The van der Waals surface area contributed by atoms with Gasteiger partial charge in [0.15, 0.2) is 0 Å². The Morgan fingerprint density at radius 2 is 1.45 bits per heavy atom. The van der Waals surface area contributed by atoms with E-state index in [1.807, 2.05) is 48.5 Å². The van der Waals surface area contributed by atoms with Gasteiger partial charge in [-0.2, -0.15) is 0 Å². The number of halogens is 1. The van der Waals surface area contributed by atoms with Gasteiger partial charge in [-0.15, -0.1) is 0 Å². The van der Waals surface area contributed by atoms with Gasteiger partial charge in [0, 0.05) is 11.6 Å². The molecule has 3 heteroatoms. The van der Waals surface area contributed by atoms with E-state index in [1.54, 1.807) is 7.11 Å². The summed E-state index contributed by atoms with van der Waals surface area (Å²) in [6.07, 6.45) is 1.70. The quantitative estimate of drug-likeness (QED) is 0.878. The minimum Gasteiger partial charge on any atom is -0.497 e. The fraction of sp³-hybridized carbons (Fsp3) is 0.294. The van der Waals surface area contributed by atoms with Crippen molar-refractivity contribution in [1.29, 1.82) is 0 Å². The van der Waals surface area contributed by atoms with Crippen LogP contribution in [-0.2, 0) is 12.8 Å². The molecule has 1 N–H and O–H groups in total. The second kappa shape index (κ2) is 7.32. The zero-order chi connectivity index (χ0) is 14.4. The molecule has 2 rings (SSSR count). The van der Waals surface area contributed by atoms with Crippen LogP contribution in [0.25, 0.3) is 0 Å². The van der Waals surface area contributed by atoms with Gasteiger partial charge in [0.2, 0.25) is 0 Å². The molecule has 0 aromatic heterocycles. The highest BCUT2D eigenvalue weighted by molar-refractivity contribution is 6.30. The van der Waals surface area contributed by atoms with Crippen molar-refractivity contribution >= 4 is 11.6 Å². The van der Waals surface area contributed by atoms with Crippen LogP contribution in [0.5, 0.6) is 5.75 Å². The maximum Gasteiger partial charge on any atom is 0.118 e. The van der Waals surface area contributed by atoms with Gasteiger partial charge in [0.1, 0.15) is 5.75 Å². The van der Waals surface area contributed by atoms with Crippen molar-refractivity contribution in [3.8, 4) is 5.75 Å². The monoisotopic (exact) mass is 290 g/mol. The number of benzene rings is 2. The third-order valence-corrected chi connectivity index (χ3v) is 3.63. The largest absolute Gasteiger partial charge is 0.497 e. The summed E-state index contributed by atoms with van der Waals surface area (Å²) in [7, 11) is 1.66. The third-order valence-electron chi connectivity index (χ3n) is 3.38. The van der Waals surface area contributed by atoms with Crippen molar-refractivity contribution < 1.29 is 9.84 Å². The Morgan fingerprint density at radius 3 is 1.90 bits per heavy atom. The lowest BCUT2D eigenvalue weighted by Crippen LogP contribution is -2.12. The fourth-order valence-corrected chi connectivity index (χ4v) is 2.38. The molecule has 0 spiro atoms. The Labute approximate surface area is 125 Å². The summed E-state index contributed by atoms with van der Waals surface area (Å²) in [6, 6.07) is 15.8. The zero-order valence-corrected chi connectivity index (χ0v) is 12.3. The van der Waals surface area contributed by atoms with E-state index in [9.17, 15) is 5.11 Å². The molecular weight excluding hydrogens is 272 g/mol. The number of aliphatic hydroxyl groups excluding tert-OH is 1. The number of rotatable bonds is 6. The first-order valence-electron chi connectivity index (χ1n) is 6.69. The standard InChI is InChI=1S/C17H19ClO2/c1-20-17-8-4-14(5-9-17)11-15(12-19)10-13-2-6-16(18)7-3-13/h2-9,15,19H,10-12H2,1H3. The van der Waals surface area contributed by atoms with Crippen molar-refractivity contribution in [3.63, 3.8) is 0 Å². The van der Waals surface area contributed by atoms with Crippen LogP contribution < -0.4 is 4.74 Å². The van der Waals surface area contributed by atoms with E-state index in [-0.39, 0.29) is 12.5 Å². The molecule has 0 heterocycles. The first kappa shape index (κ1) is 14.9. The second-order valence-electron chi connectivity index (χ2n) is 4.93. The topological polar surface area (TPSA) is 29.5 Å². The third kappa shape index (κ3) is 4.26. The van der Waals surface area contributed by atoms with Crippen molar-refractivity contribution in [3.05, 3.63) is 64.7 Å². The fourth-order valence-electron chi connectivity index (χ4n) is 2.25. The lowest BCUT2D eigenvalue weighted by atomic mass is 9.93. The van der Waals surface area contributed by atoms with Crippen LogP contribution in [0.3, 0.4) is 0 Å². The molecule has 106 valence electrons. The number of aliphatic hydroxyl groups is 1. The zero-order valence-electron chi connectivity index (χ0n) is 11.6. The minimum atomic E-state index is 0.175. The van der Waals surface area contributed by atoms with Gasteiger partial charge in [-0.05, 0) is 54.2 Å². The molecule has 1 atom stereocenters. The van der Waals surface area contributed by atoms with Gasteiger partial charge >= 0.3 is 0 Å². The van der Waals surface area contributed by atoms with Crippen molar-refractivity contribution in [2.75, 3.05) is 13.7 Å². The Hall–Kier alpha value is -1.51. The average molecular weight is 291 g/mol. The van der Waals surface area contributed by atoms with Crippen molar-refractivity contribution in [2.24, 2.45) is 5.92 Å². The molecule has 2 aromatic rings. The SMILES string of the molecule is COc1ccc(CC(CO)Cc2ccc(Cl)cc2)cc1. The van der Waals surface area contributed by atoms with Crippen LogP contribution in [0.2, 0.25) is 5.02 Å². The smallest absolute Gasteiger partial charge is 0.118 e. The Balaban J connectivity index is 1.99. The van der Waals surface area contributed by atoms with Gasteiger partial charge < -0.3 is 9.84 Å². The maximum atomic E-state index is 9.55. The van der Waals surface area contributed by atoms with Gasteiger partial charge in [-0.25, -0.2) is 0 Å². The Morgan fingerprint density at radius 1 is 0.950 bits per heavy atom. The van der Waals surface area contributed by atoms with Crippen molar-refractivity contribution in [1.82, 2.24) is 0 Å². The number of ether oxygens (including phenoxy) is 1. The molecule has 2 nitrogen and oxygen atoms in total. The predicted octanol–water partition coefficient (Wildman–Crippen LogP) is 3.74. The Kier molecular flexibility index (Phi) is 5.45. The van der Waals surface area contributed by atoms with E-state index >= 15 is 0 Å². The average Bonchev–Trinajstić information content (AvgIpc) is 2.49. The summed E-state index contributed by atoms with van der Waals surface area (Å²) in [6.45, 7) is 0.175. The van der Waals surface area contributed by atoms with Crippen LogP contribution in [0, 0.1) is 5.92 Å². The summed E-state index contributed by atoms with van der Waals surface area (Å²) < 4.78 is 5.15. The van der Waals surface area contributed by atoms with E-state index in [0.717, 1.165) is 23.6 Å². The molecule has 0 saturated heterocycles. The van der Waals surface area contributed by atoms with E-state index in [0.29, 0.717) is 0 Å². The summed E-state index contributed by atoms with van der Waals surface area (Å²) in [5.74, 6) is 1.07. The maximum absolute atomic E-state index is 9.55. The first-order valence-corrected chi connectivity index (χ1v) is 7.07. The minimum absolute atomic E-state index is 0.175. The molecule has 0 bridgehead atoms. The van der Waals surface area contributed by atoms with Gasteiger partial charge in [0.25, 0.3) is 0 Å². The second-order valence-corrected chi connectivity index (χ2v) is 5.37. The summed E-state index contributed by atoms with van der Waals surface area (Å²) >= 11 is 5.88. The molecule has 20 heavy (non-hydrogen) atoms. The highest BCUT2D eigenvalue weighted by atomic mass is 35.5. The lowest BCUT2D eigenvalue weighted by molar-refractivity contribution is 0.225. The molecule has 0 saturated carbocycles. The Bertz CT molecular complexity index is 520. The summed E-state index contributed by atoms with van der Waals surface area (Å²) in [4.78, 5) is 0. The highest BCUT2D eigenvalue weighted by Crippen LogP contribution is 2.18. The molecule has 0 aliphatic carbocycles. The number of hydrogen-bond acceptors (Lipinski definition) is 2. The number of hydrogen-bond donors (Lipinski definition) is 1. The van der Waals surface area contributed by atoms with Gasteiger partial charge in [-0.1, -0.05) is 35.9 Å². The molecule has 0 radical (unpaired) electrons. The lowest BCUT2D eigenvalue weighted by Gasteiger charge is -2.14. The van der Waals surface area contributed by atoms with Crippen LogP contribution in [0.4, 0.5) is 0 Å². The molecule has 0 aliphatic heterocycles. The van der Waals surface area contributed by atoms with Gasteiger partial charge in [-0.3, -0.25) is 0 Å². The summed E-state index contributed by atoms with van der Waals surface area (Å²) in [5, 5.41) is 10.3.